The van der Waals surface area contributed by atoms with Gasteiger partial charge in [0.15, 0.2) is 0 Å². The Morgan fingerprint density at radius 2 is 1.93 bits per heavy atom. The lowest BCUT2D eigenvalue weighted by Gasteiger charge is -2.29. The van der Waals surface area contributed by atoms with Crippen LogP contribution in [0.25, 0.3) is 0 Å². The van der Waals surface area contributed by atoms with Gasteiger partial charge in [0.2, 0.25) is 0 Å². The fourth-order valence-electron chi connectivity index (χ4n) is 1.60. The van der Waals surface area contributed by atoms with Crippen molar-refractivity contribution in [3.63, 3.8) is 0 Å². The van der Waals surface area contributed by atoms with Gasteiger partial charge < -0.3 is 10.6 Å². The number of nitrogens with one attached hydrogen (secondary N) is 2. The van der Waals surface area contributed by atoms with Crippen LogP contribution < -0.4 is 10.6 Å². The fourth-order valence-corrected chi connectivity index (χ4v) is 1.60. The third-order valence-corrected chi connectivity index (χ3v) is 2.92. The smallest absolute Gasteiger partial charge is 0.0164 e. The number of hydrogen-bond donors (Lipinski definition) is 2. The van der Waals surface area contributed by atoms with E-state index in [0.29, 0.717) is 6.04 Å². The highest BCUT2D eigenvalue weighted by Crippen LogP contribution is 2.25. The van der Waals surface area contributed by atoms with Gasteiger partial charge in [0, 0.05) is 18.1 Å². The van der Waals surface area contributed by atoms with Crippen LogP contribution in [0.4, 0.5) is 0 Å². The summed E-state index contributed by atoms with van der Waals surface area (Å²) in [6, 6.07) is 0.592. The van der Waals surface area contributed by atoms with E-state index in [4.69, 9.17) is 0 Å². The average molecular weight is 198 g/mol. The molecule has 0 aliphatic heterocycles. The van der Waals surface area contributed by atoms with E-state index >= 15 is 0 Å². The highest BCUT2D eigenvalue weighted by atomic mass is 15.0. The largest absolute Gasteiger partial charge is 0.313 e. The topological polar surface area (TPSA) is 24.1 Å². The summed E-state index contributed by atoms with van der Waals surface area (Å²) in [4.78, 5) is 0. The third kappa shape index (κ3) is 4.97. The van der Waals surface area contributed by atoms with Crippen LogP contribution in [0.1, 0.15) is 47.0 Å². The van der Waals surface area contributed by atoms with Crippen LogP contribution in [-0.4, -0.2) is 24.7 Å². The van der Waals surface area contributed by atoms with Crippen molar-refractivity contribution < 1.29 is 0 Å². The van der Waals surface area contributed by atoms with Crippen molar-refractivity contribution in [2.75, 3.05) is 13.1 Å². The summed E-state index contributed by atoms with van der Waals surface area (Å²) >= 11 is 0. The second-order valence-electron chi connectivity index (χ2n) is 5.74. The fraction of sp³-hybridized carbons (Fsp3) is 1.00. The van der Waals surface area contributed by atoms with E-state index in [1.54, 1.807) is 0 Å². The van der Waals surface area contributed by atoms with Crippen LogP contribution in [0.15, 0.2) is 0 Å². The lowest BCUT2D eigenvalue weighted by molar-refractivity contribution is 0.285. The van der Waals surface area contributed by atoms with Gasteiger partial charge in [-0.15, -0.1) is 0 Å². The molecule has 1 atom stereocenters. The highest BCUT2D eigenvalue weighted by Gasteiger charge is 2.18. The van der Waals surface area contributed by atoms with Crippen LogP contribution in [-0.2, 0) is 0 Å². The maximum Gasteiger partial charge on any atom is 0.0164 e. The molecule has 14 heavy (non-hydrogen) atoms. The van der Waals surface area contributed by atoms with Crippen LogP contribution in [0, 0.1) is 5.92 Å². The van der Waals surface area contributed by atoms with Gasteiger partial charge in [0.25, 0.3) is 0 Å². The van der Waals surface area contributed by atoms with Gasteiger partial charge in [-0.3, -0.25) is 0 Å². The first kappa shape index (κ1) is 12.0. The maximum absolute atomic E-state index is 3.59. The molecule has 2 heteroatoms. The van der Waals surface area contributed by atoms with Crippen molar-refractivity contribution >= 4 is 0 Å². The van der Waals surface area contributed by atoms with Crippen LogP contribution in [0.2, 0.25) is 0 Å². The van der Waals surface area contributed by atoms with Crippen molar-refractivity contribution in [2.24, 2.45) is 5.92 Å². The zero-order valence-electron chi connectivity index (χ0n) is 10.2. The molecule has 2 N–H and O–H groups in total. The Kier molecular flexibility index (Phi) is 4.39. The molecule has 0 bridgehead atoms. The predicted octanol–water partition coefficient (Wildman–Crippen LogP) is 2.15. The molecule has 1 fully saturated rings. The molecular formula is C12H26N2. The maximum atomic E-state index is 3.59. The Bertz CT molecular complexity index is 156. The molecule has 0 saturated heterocycles. The quantitative estimate of drug-likeness (QED) is 0.707. The van der Waals surface area contributed by atoms with E-state index in [-0.39, 0.29) is 5.54 Å². The van der Waals surface area contributed by atoms with Gasteiger partial charge in [-0.25, -0.2) is 0 Å². The third-order valence-electron chi connectivity index (χ3n) is 2.92. The monoisotopic (exact) mass is 198 g/mol. The molecule has 0 aromatic carbocycles. The molecule has 1 unspecified atom stereocenters. The molecule has 0 heterocycles. The number of hydrogen-bond acceptors (Lipinski definition) is 2. The minimum atomic E-state index is 0.242. The van der Waals surface area contributed by atoms with Crippen molar-refractivity contribution in [1.29, 1.82) is 0 Å². The SMILES string of the molecule is CC(CNC(C)(C)C)NCC1CCC1. The Balaban J connectivity index is 2.00. The van der Waals surface area contributed by atoms with E-state index in [0.717, 1.165) is 12.5 Å². The second kappa shape index (κ2) is 5.13. The van der Waals surface area contributed by atoms with Gasteiger partial charge in [0.05, 0.1) is 0 Å². The summed E-state index contributed by atoms with van der Waals surface area (Å²) in [6.45, 7) is 11.2. The molecule has 1 aliphatic carbocycles. The molecule has 1 rings (SSSR count). The first-order valence-electron chi connectivity index (χ1n) is 5.96. The molecule has 0 radical (unpaired) electrons. The Morgan fingerprint density at radius 3 is 2.36 bits per heavy atom. The Hall–Kier alpha value is -0.0800. The van der Waals surface area contributed by atoms with E-state index < -0.39 is 0 Å². The minimum Gasteiger partial charge on any atom is -0.313 e. The normalized spacial score (nSPS) is 20.6. The summed E-state index contributed by atoms with van der Waals surface area (Å²) < 4.78 is 0. The Morgan fingerprint density at radius 1 is 1.29 bits per heavy atom. The van der Waals surface area contributed by atoms with Crippen LogP contribution in [0.3, 0.4) is 0 Å². The van der Waals surface area contributed by atoms with Crippen molar-refractivity contribution in [2.45, 2.75) is 58.5 Å². The predicted molar refractivity (Wildman–Crippen MR) is 62.6 cm³/mol. The minimum absolute atomic E-state index is 0.242. The van der Waals surface area contributed by atoms with E-state index in [2.05, 4.69) is 38.3 Å². The van der Waals surface area contributed by atoms with Gasteiger partial charge in [-0.2, -0.15) is 0 Å². The summed E-state index contributed by atoms with van der Waals surface area (Å²) in [5.41, 5.74) is 0.242. The average Bonchev–Trinajstić information content (AvgIpc) is 1.96. The van der Waals surface area contributed by atoms with E-state index in [9.17, 15) is 0 Å². The molecule has 0 aromatic heterocycles. The molecular weight excluding hydrogens is 172 g/mol. The second-order valence-corrected chi connectivity index (χ2v) is 5.74. The van der Waals surface area contributed by atoms with E-state index in [1.807, 2.05) is 0 Å². The highest BCUT2D eigenvalue weighted by molar-refractivity contribution is 4.77. The lowest BCUT2D eigenvalue weighted by Crippen LogP contribution is -2.45. The van der Waals surface area contributed by atoms with E-state index in [1.165, 1.54) is 25.8 Å². The molecule has 2 nitrogen and oxygen atoms in total. The lowest BCUT2D eigenvalue weighted by atomic mass is 9.85. The standard InChI is InChI=1S/C12H26N2/c1-10(8-14-12(2,3)4)13-9-11-6-5-7-11/h10-11,13-14H,5-9H2,1-4H3. The molecule has 1 aliphatic rings. The van der Waals surface area contributed by atoms with Crippen molar-refractivity contribution in [3.05, 3.63) is 0 Å². The molecule has 84 valence electrons. The summed E-state index contributed by atoms with van der Waals surface area (Å²) in [5, 5.41) is 7.11. The van der Waals surface area contributed by atoms with Crippen LogP contribution >= 0.6 is 0 Å². The molecule has 0 aromatic rings. The van der Waals surface area contributed by atoms with Crippen molar-refractivity contribution in [1.82, 2.24) is 10.6 Å². The first-order valence-corrected chi connectivity index (χ1v) is 5.96. The summed E-state index contributed by atoms with van der Waals surface area (Å²) in [7, 11) is 0. The zero-order chi connectivity index (χ0) is 10.6. The summed E-state index contributed by atoms with van der Waals surface area (Å²) in [5.74, 6) is 0.965. The van der Waals surface area contributed by atoms with Crippen LogP contribution in [0.5, 0.6) is 0 Å². The molecule has 1 saturated carbocycles. The summed E-state index contributed by atoms with van der Waals surface area (Å²) in [6.07, 6.45) is 4.32. The van der Waals surface area contributed by atoms with Gasteiger partial charge in [0.1, 0.15) is 0 Å². The van der Waals surface area contributed by atoms with Gasteiger partial charge in [-0.05, 0) is 53.0 Å². The Labute approximate surface area is 88.8 Å². The molecule has 0 spiro atoms. The zero-order valence-corrected chi connectivity index (χ0v) is 10.2. The first-order chi connectivity index (χ1) is 6.47. The number of rotatable bonds is 5. The van der Waals surface area contributed by atoms with Crippen molar-refractivity contribution in [3.8, 4) is 0 Å². The molecule has 0 amide bonds. The van der Waals surface area contributed by atoms with Gasteiger partial charge >= 0.3 is 0 Å². The van der Waals surface area contributed by atoms with Gasteiger partial charge in [-0.1, -0.05) is 6.42 Å².